The smallest absolute Gasteiger partial charge is 0.421 e. The van der Waals surface area contributed by atoms with E-state index in [0.717, 1.165) is 4.31 Å². The number of ether oxygens (including phenoxy) is 1. The predicted octanol–water partition coefficient (Wildman–Crippen LogP) is 0.323. The largest absolute Gasteiger partial charge is 0.449 e. The van der Waals surface area contributed by atoms with Crippen LogP contribution in [0, 0.1) is 12.3 Å². The average molecular weight is 248 g/mol. The van der Waals surface area contributed by atoms with E-state index in [1.807, 2.05) is 6.92 Å². The molecule has 0 radical (unpaired) electrons. The van der Waals surface area contributed by atoms with Gasteiger partial charge < -0.3 is 4.74 Å². The Hall–Kier alpha value is -1.26. The summed E-state index contributed by atoms with van der Waals surface area (Å²) in [5, 5.41) is 0. The first-order valence-corrected chi connectivity index (χ1v) is 6.30. The molecule has 0 heterocycles. The number of hydrogen-bond donors (Lipinski definition) is 1. The monoisotopic (exact) mass is 248 g/mol. The van der Waals surface area contributed by atoms with E-state index in [9.17, 15) is 13.2 Å². The Morgan fingerprint density at radius 1 is 1.50 bits per heavy atom. The van der Waals surface area contributed by atoms with Crippen LogP contribution in [-0.2, 0) is 14.9 Å². The number of terminal acetylenes is 1. The predicted molar refractivity (Wildman–Crippen MR) is 59.8 cm³/mol. The zero-order valence-electron chi connectivity index (χ0n) is 9.39. The van der Waals surface area contributed by atoms with E-state index < -0.39 is 16.3 Å². The minimum atomic E-state index is -3.90. The Morgan fingerprint density at radius 2 is 2.12 bits per heavy atom. The summed E-state index contributed by atoms with van der Waals surface area (Å²) in [5.41, 5.74) is 0. The van der Waals surface area contributed by atoms with Crippen LogP contribution in [0.5, 0.6) is 0 Å². The van der Waals surface area contributed by atoms with Gasteiger partial charge in [0.2, 0.25) is 0 Å². The molecule has 1 amide bonds. The second-order valence-electron chi connectivity index (χ2n) is 2.87. The van der Waals surface area contributed by atoms with Gasteiger partial charge in [0.05, 0.1) is 13.2 Å². The fourth-order valence-electron chi connectivity index (χ4n) is 0.966. The molecule has 92 valence electrons. The highest BCUT2D eigenvalue weighted by Gasteiger charge is 2.23. The SMILES string of the molecule is C#CCN(CCC)S(=O)(=O)NC(=O)OCC. The number of nitrogens with one attached hydrogen (secondary N) is 1. The van der Waals surface area contributed by atoms with Crippen molar-refractivity contribution in [2.75, 3.05) is 19.7 Å². The Morgan fingerprint density at radius 3 is 2.56 bits per heavy atom. The summed E-state index contributed by atoms with van der Waals surface area (Å²) in [5.74, 6) is 2.22. The van der Waals surface area contributed by atoms with Crippen LogP contribution in [-0.4, -0.2) is 38.5 Å². The van der Waals surface area contributed by atoms with Gasteiger partial charge in [-0.25, -0.2) is 9.52 Å². The second kappa shape index (κ2) is 7.09. The van der Waals surface area contributed by atoms with Crippen molar-refractivity contribution in [3.63, 3.8) is 0 Å². The lowest BCUT2D eigenvalue weighted by molar-refractivity contribution is 0.158. The Bertz CT molecular complexity index is 358. The number of hydrogen-bond acceptors (Lipinski definition) is 4. The maximum Gasteiger partial charge on any atom is 0.421 e. The van der Waals surface area contributed by atoms with Gasteiger partial charge in [-0.15, -0.1) is 6.42 Å². The molecule has 0 rings (SSSR count). The van der Waals surface area contributed by atoms with Gasteiger partial charge in [-0.3, -0.25) is 0 Å². The molecule has 0 saturated heterocycles. The van der Waals surface area contributed by atoms with Crippen molar-refractivity contribution < 1.29 is 17.9 Å². The first-order chi connectivity index (χ1) is 7.47. The van der Waals surface area contributed by atoms with Crippen LogP contribution in [0.4, 0.5) is 4.79 Å². The Kier molecular flexibility index (Phi) is 6.53. The molecule has 7 heteroatoms. The number of carbonyl (C=O) groups excluding carboxylic acids is 1. The lowest BCUT2D eigenvalue weighted by atomic mass is 10.5. The van der Waals surface area contributed by atoms with E-state index in [4.69, 9.17) is 6.42 Å². The molecule has 0 aliphatic rings. The van der Waals surface area contributed by atoms with Gasteiger partial charge >= 0.3 is 16.3 Å². The highest BCUT2D eigenvalue weighted by molar-refractivity contribution is 7.87. The standard InChI is InChI=1S/C9H16N2O4S/c1-4-7-11(8-5-2)16(13,14)10-9(12)15-6-3/h1H,5-8H2,2-3H3,(H,10,12). The molecule has 0 atom stereocenters. The lowest BCUT2D eigenvalue weighted by Gasteiger charge is -2.18. The van der Waals surface area contributed by atoms with E-state index in [1.54, 1.807) is 11.6 Å². The van der Waals surface area contributed by atoms with Gasteiger partial charge in [0.1, 0.15) is 0 Å². The van der Waals surface area contributed by atoms with Gasteiger partial charge in [-0.2, -0.15) is 12.7 Å². The van der Waals surface area contributed by atoms with Crippen molar-refractivity contribution >= 4 is 16.3 Å². The van der Waals surface area contributed by atoms with E-state index in [1.165, 1.54) is 0 Å². The highest BCUT2D eigenvalue weighted by atomic mass is 32.2. The summed E-state index contributed by atoms with van der Waals surface area (Å²) < 4.78 is 30.5. The number of rotatable bonds is 6. The van der Waals surface area contributed by atoms with Crippen LogP contribution in [0.25, 0.3) is 0 Å². The minimum absolute atomic E-state index is 0.0808. The van der Waals surface area contributed by atoms with Crippen LogP contribution < -0.4 is 4.72 Å². The minimum Gasteiger partial charge on any atom is -0.449 e. The van der Waals surface area contributed by atoms with Crippen LogP contribution in [0.15, 0.2) is 0 Å². The first-order valence-electron chi connectivity index (χ1n) is 4.86. The fraction of sp³-hybridized carbons (Fsp3) is 0.667. The van der Waals surface area contributed by atoms with E-state index in [-0.39, 0.29) is 19.7 Å². The molecular weight excluding hydrogens is 232 g/mol. The normalized spacial score (nSPS) is 10.9. The van der Waals surface area contributed by atoms with Crippen LogP contribution in [0.1, 0.15) is 20.3 Å². The van der Waals surface area contributed by atoms with Gasteiger partial charge in [0.15, 0.2) is 0 Å². The first kappa shape index (κ1) is 14.7. The van der Waals surface area contributed by atoms with Crippen molar-refractivity contribution in [1.82, 2.24) is 9.03 Å². The maximum atomic E-state index is 11.6. The zero-order valence-corrected chi connectivity index (χ0v) is 10.2. The van der Waals surface area contributed by atoms with Crippen molar-refractivity contribution in [1.29, 1.82) is 0 Å². The molecule has 0 saturated carbocycles. The van der Waals surface area contributed by atoms with Crippen molar-refractivity contribution in [3.05, 3.63) is 0 Å². The molecule has 0 fully saturated rings. The summed E-state index contributed by atoms with van der Waals surface area (Å²) in [6.07, 6.45) is 4.65. The summed E-state index contributed by atoms with van der Waals surface area (Å²) in [6, 6.07) is 0. The summed E-state index contributed by atoms with van der Waals surface area (Å²) in [7, 11) is -3.90. The molecule has 0 aliphatic carbocycles. The van der Waals surface area contributed by atoms with E-state index >= 15 is 0 Å². The highest BCUT2D eigenvalue weighted by Crippen LogP contribution is 1.99. The van der Waals surface area contributed by atoms with Crippen LogP contribution in [0.2, 0.25) is 0 Å². The number of nitrogens with zero attached hydrogens (tertiary/aromatic N) is 1. The van der Waals surface area contributed by atoms with Crippen LogP contribution >= 0.6 is 0 Å². The Labute approximate surface area is 96.1 Å². The topological polar surface area (TPSA) is 75.7 Å². The molecule has 0 aromatic carbocycles. The zero-order chi connectivity index (χ0) is 12.6. The molecule has 6 nitrogen and oxygen atoms in total. The third-order valence-corrected chi connectivity index (χ3v) is 2.98. The summed E-state index contributed by atoms with van der Waals surface area (Å²) >= 11 is 0. The molecule has 1 N–H and O–H groups in total. The third kappa shape index (κ3) is 5.00. The van der Waals surface area contributed by atoms with Crippen molar-refractivity contribution in [3.8, 4) is 12.3 Å². The van der Waals surface area contributed by atoms with Crippen molar-refractivity contribution in [2.24, 2.45) is 0 Å². The second-order valence-corrected chi connectivity index (χ2v) is 4.54. The molecule has 0 bridgehead atoms. The van der Waals surface area contributed by atoms with Crippen molar-refractivity contribution in [2.45, 2.75) is 20.3 Å². The van der Waals surface area contributed by atoms with Gasteiger partial charge in [-0.1, -0.05) is 12.8 Å². The van der Waals surface area contributed by atoms with Gasteiger partial charge in [0.25, 0.3) is 0 Å². The summed E-state index contributed by atoms with van der Waals surface area (Å²) in [4.78, 5) is 11.0. The molecule has 16 heavy (non-hydrogen) atoms. The third-order valence-electron chi connectivity index (χ3n) is 1.57. The Balaban J connectivity index is 4.60. The molecular formula is C9H16N2O4S. The molecule has 0 aliphatic heterocycles. The van der Waals surface area contributed by atoms with Crippen LogP contribution in [0.3, 0.4) is 0 Å². The molecule has 0 unspecified atom stereocenters. The molecule has 0 aromatic heterocycles. The van der Waals surface area contributed by atoms with Gasteiger partial charge in [0, 0.05) is 6.54 Å². The number of amides is 1. The fourth-order valence-corrected chi connectivity index (χ4v) is 2.03. The quantitative estimate of drug-likeness (QED) is 0.687. The number of carbonyl (C=O) groups is 1. The van der Waals surface area contributed by atoms with Gasteiger partial charge in [-0.05, 0) is 13.3 Å². The average Bonchev–Trinajstić information content (AvgIpc) is 2.17. The van der Waals surface area contributed by atoms with E-state index in [2.05, 4.69) is 10.7 Å². The summed E-state index contributed by atoms with van der Waals surface area (Å²) in [6.45, 7) is 3.66. The van der Waals surface area contributed by atoms with E-state index in [0.29, 0.717) is 6.42 Å². The molecule has 0 aromatic rings. The maximum absolute atomic E-state index is 11.6. The molecule has 0 spiro atoms. The lowest BCUT2D eigenvalue weighted by Crippen LogP contribution is -2.44.